The SMILES string of the molecule is COc1ccc(Cl)cc1/C(O)=C1\C(=O)C(=O)N(Cc2ccc(C(=O)O)cc2)C1c1ccccc1. The van der Waals surface area contributed by atoms with Crippen molar-refractivity contribution in [2.75, 3.05) is 7.11 Å². The Morgan fingerprint density at radius 1 is 1.00 bits per heavy atom. The average molecular weight is 478 g/mol. The summed E-state index contributed by atoms with van der Waals surface area (Å²) < 4.78 is 5.33. The summed E-state index contributed by atoms with van der Waals surface area (Å²) in [6, 6.07) is 18.7. The third-order valence-electron chi connectivity index (χ3n) is 5.63. The van der Waals surface area contributed by atoms with Crippen LogP contribution >= 0.6 is 11.6 Å². The van der Waals surface area contributed by atoms with Gasteiger partial charge in [-0.3, -0.25) is 9.59 Å². The number of benzene rings is 3. The molecule has 0 aromatic heterocycles. The number of aromatic carboxylic acids is 1. The molecule has 0 aliphatic carbocycles. The van der Waals surface area contributed by atoms with Crippen LogP contribution in [0.4, 0.5) is 0 Å². The number of hydrogen-bond donors (Lipinski definition) is 2. The molecule has 3 aromatic carbocycles. The number of carboxylic acid groups (broad SMARTS) is 1. The number of nitrogens with zero attached hydrogens (tertiary/aromatic N) is 1. The highest BCUT2D eigenvalue weighted by Gasteiger charge is 2.46. The van der Waals surface area contributed by atoms with Crippen molar-refractivity contribution in [2.24, 2.45) is 0 Å². The van der Waals surface area contributed by atoms with Crippen molar-refractivity contribution in [1.29, 1.82) is 0 Å². The Balaban J connectivity index is 1.85. The van der Waals surface area contributed by atoms with E-state index in [2.05, 4.69) is 0 Å². The van der Waals surface area contributed by atoms with Gasteiger partial charge in [0.1, 0.15) is 11.5 Å². The molecule has 0 radical (unpaired) electrons. The molecule has 4 rings (SSSR count). The lowest BCUT2D eigenvalue weighted by Gasteiger charge is -2.25. The van der Waals surface area contributed by atoms with E-state index >= 15 is 0 Å². The van der Waals surface area contributed by atoms with E-state index in [9.17, 15) is 19.5 Å². The Morgan fingerprint density at radius 2 is 1.68 bits per heavy atom. The number of methoxy groups -OCH3 is 1. The van der Waals surface area contributed by atoms with Crippen molar-refractivity contribution < 1.29 is 29.3 Å². The molecule has 172 valence electrons. The van der Waals surface area contributed by atoms with Gasteiger partial charge in [0.25, 0.3) is 11.7 Å². The second kappa shape index (κ2) is 9.41. The van der Waals surface area contributed by atoms with Crippen LogP contribution in [0.3, 0.4) is 0 Å². The Labute approximate surface area is 200 Å². The highest BCUT2D eigenvalue weighted by atomic mass is 35.5. The fraction of sp³-hybridized carbons (Fsp3) is 0.115. The molecule has 34 heavy (non-hydrogen) atoms. The molecule has 8 heteroatoms. The predicted molar refractivity (Wildman–Crippen MR) is 126 cm³/mol. The number of likely N-dealkylation sites (tertiary alicyclic amines) is 1. The van der Waals surface area contributed by atoms with Gasteiger partial charge in [-0.2, -0.15) is 0 Å². The van der Waals surface area contributed by atoms with Crippen LogP contribution in [0.1, 0.15) is 33.1 Å². The third kappa shape index (κ3) is 4.25. The fourth-order valence-electron chi connectivity index (χ4n) is 3.98. The number of aliphatic hydroxyl groups is 1. The zero-order valence-corrected chi connectivity index (χ0v) is 18.8. The minimum absolute atomic E-state index is 0.0352. The highest BCUT2D eigenvalue weighted by Crippen LogP contribution is 2.42. The third-order valence-corrected chi connectivity index (χ3v) is 5.86. The standard InChI is InChI=1S/C26H20ClNO6/c1-34-20-12-11-18(27)13-19(20)23(29)21-22(16-5-3-2-4-6-16)28(25(31)24(21)30)14-15-7-9-17(10-8-15)26(32)33/h2-13,22,29H,14H2,1H3,(H,32,33)/b23-21+. The topological polar surface area (TPSA) is 104 Å². The zero-order chi connectivity index (χ0) is 24.4. The van der Waals surface area contributed by atoms with Crippen molar-refractivity contribution in [3.05, 3.63) is 106 Å². The average Bonchev–Trinajstić information content (AvgIpc) is 3.09. The molecular formula is C26H20ClNO6. The van der Waals surface area contributed by atoms with E-state index in [0.717, 1.165) is 0 Å². The lowest BCUT2D eigenvalue weighted by atomic mass is 9.95. The number of rotatable bonds is 6. The van der Waals surface area contributed by atoms with Crippen LogP contribution in [0.15, 0.2) is 78.4 Å². The number of carboxylic acids is 1. The molecule has 1 atom stereocenters. The van der Waals surface area contributed by atoms with Crippen molar-refractivity contribution in [3.8, 4) is 5.75 Å². The maximum absolute atomic E-state index is 13.2. The molecule has 2 N–H and O–H groups in total. The van der Waals surface area contributed by atoms with Crippen molar-refractivity contribution >= 4 is 35.0 Å². The summed E-state index contributed by atoms with van der Waals surface area (Å²) in [5.74, 6) is -2.78. The molecule has 0 bridgehead atoms. The van der Waals surface area contributed by atoms with Gasteiger partial charge in [0.2, 0.25) is 0 Å². The first-order valence-electron chi connectivity index (χ1n) is 10.3. The normalized spacial score (nSPS) is 17.1. The molecule has 1 amide bonds. The summed E-state index contributed by atoms with van der Waals surface area (Å²) in [5.41, 5.74) is 1.48. The van der Waals surface area contributed by atoms with E-state index < -0.39 is 29.5 Å². The minimum atomic E-state index is -1.06. The van der Waals surface area contributed by atoms with Crippen molar-refractivity contribution in [3.63, 3.8) is 0 Å². The van der Waals surface area contributed by atoms with E-state index in [-0.39, 0.29) is 23.2 Å². The summed E-state index contributed by atoms with van der Waals surface area (Å²) in [7, 11) is 1.42. The maximum atomic E-state index is 13.2. The van der Waals surface area contributed by atoms with Crippen LogP contribution in [0.5, 0.6) is 5.75 Å². The highest BCUT2D eigenvalue weighted by molar-refractivity contribution is 6.46. The van der Waals surface area contributed by atoms with Gasteiger partial charge in [-0.05, 0) is 41.5 Å². The number of Topliss-reactive ketones (excluding diaryl/α,β-unsaturated/α-hetero) is 1. The van der Waals surface area contributed by atoms with Crippen LogP contribution in [0.2, 0.25) is 5.02 Å². The van der Waals surface area contributed by atoms with Crippen LogP contribution < -0.4 is 4.74 Å². The summed E-state index contributed by atoms with van der Waals surface area (Å²) in [4.78, 5) is 38.8. The zero-order valence-electron chi connectivity index (χ0n) is 18.1. The van der Waals surface area contributed by atoms with Crippen molar-refractivity contribution in [2.45, 2.75) is 12.6 Å². The molecule has 0 spiro atoms. The number of carbonyl (C=O) groups excluding carboxylic acids is 2. The minimum Gasteiger partial charge on any atom is -0.507 e. The van der Waals surface area contributed by atoms with Gasteiger partial charge >= 0.3 is 5.97 Å². The van der Waals surface area contributed by atoms with Crippen LogP contribution in [0.25, 0.3) is 5.76 Å². The molecule has 3 aromatic rings. The molecule has 1 saturated heterocycles. The number of carbonyl (C=O) groups is 3. The van der Waals surface area contributed by atoms with E-state index in [0.29, 0.717) is 21.9 Å². The second-order valence-electron chi connectivity index (χ2n) is 7.68. The van der Waals surface area contributed by atoms with Crippen molar-refractivity contribution in [1.82, 2.24) is 4.90 Å². The lowest BCUT2D eigenvalue weighted by molar-refractivity contribution is -0.140. The molecular weight excluding hydrogens is 458 g/mol. The van der Waals surface area contributed by atoms with E-state index in [1.54, 1.807) is 54.6 Å². The van der Waals surface area contributed by atoms with Gasteiger partial charge in [-0.25, -0.2) is 4.79 Å². The van der Waals surface area contributed by atoms with E-state index in [4.69, 9.17) is 21.4 Å². The molecule has 1 aliphatic heterocycles. The summed E-state index contributed by atoms with van der Waals surface area (Å²) in [5, 5.41) is 20.7. The number of halogens is 1. The summed E-state index contributed by atoms with van der Waals surface area (Å²) >= 11 is 6.12. The summed E-state index contributed by atoms with van der Waals surface area (Å²) in [6.45, 7) is 0.0352. The van der Waals surface area contributed by atoms with Crippen LogP contribution in [0, 0.1) is 0 Å². The van der Waals surface area contributed by atoms with Gasteiger partial charge < -0.3 is 19.8 Å². The molecule has 1 unspecified atom stereocenters. The number of aliphatic hydroxyl groups excluding tert-OH is 1. The Kier molecular flexibility index (Phi) is 6.38. The molecule has 1 heterocycles. The first kappa shape index (κ1) is 23.1. The van der Waals surface area contributed by atoms with E-state index in [1.165, 1.54) is 30.2 Å². The fourth-order valence-corrected chi connectivity index (χ4v) is 4.16. The molecule has 7 nitrogen and oxygen atoms in total. The smallest absolute Gasteiger partial charge is 0.335 e. The number of hydrogen-bond acceptors (Lipinski definition) is 5. The van der Waals surface area contributed by atoms with Gasteiger partial charge in [0, 0.05) is 11.6 Å². The number of amides is 1. The van der Waals surface area contributed by atoms with E-state index in [1.807, 2.05) is 0 Å². The quantitative estimate of drug-likeness (QED) is 0.304. The van der Waals surface area contributed by atoms with Gasteiger partial charge in [-0.15, -0.1) is 0 Å². The maximum Gasteiger partial charge on any atom is 0.335 e. The van der Waals surface area contributed by atoms with Crippen LogP contribution in [-0.4, -0.2) is 39.9 Å². The monoisotopic (exact) mass is 477 g/mol. The number of ketones is 1. The Bertz CT molecular complexity index is 1300. The Hall–Kier alpha value is -4.10. The first-order valence-corrected chi connectivity index (χ1v) is 10.7. The largest absolute Gasteiger partial charge is 0.507 e. The summed E-state index contributed by atoms with van der Waals surface area (Å²) in [6.07, 6.45) is 0. The molecule has 0 saturated carbocycles. The van der Waals surface area contributed by atoms with Gasteiger partial charge in [-0.1, -0.05) is 54.1 Å². The number of ether oxygens (including phenoxy) is 1. The second-order valence-corrected chi connectivity index (χ2v) is 8.12. The first-order chi connectivity index (χ1) is 16.3. The molecule has 1 fully saturated rings. The van der Waals surface area contributed by atoms with Gasteiger partial charge in [0.15, 0.2) is 0 Å². The molecule has 1 aliphatic rings. The predicted octanol–water partition coefficient (Wildman–Crippen LogP) is 4.67. The van der Waals surface area contributed by atoms with Crippen LogP contribution in [-0.2, 0) is 16.1 Å². The Morgan fingerprint density at radius 3 is 2.29 bits per heavy atom. The van der Waals surface area contributed by atoms with Gasteiger partial charge in [0.05, 0.1) is 29.9 Å². The lowest BCUT2D eigenvalue weighted by Crippen LogP contribution is -2.29.